The fourth-order valence-electron chi connectivity index (χ4n) is 4.37. The molecule has 1 rings (SSSR count). The van der Waals surface area contributed by atoms with E-state index in [4.69, 9.17) is 4.43 Å². The SMILES string of the molecule is CCCCCC(C#C[Si](C)(C)C)(C=CCC=CCC[C@H](C(=O)O)[C@H]1CCCC1=O)O[Si](C)(C)C. The first-order valence-corrected chi connectivity index (χ1v) is 20.0. The van der Waals surface area contributed by atoms with Crippen LogP contribution in [0.4, 0.5) is 0 Å². The van der Waals surface area contributed by atoms with Crippen LogP contribution in [0.1, 0.15) is 71.1 Å². The van der Waals surface area contributed by atoms with E-state index in [-0.39, 0.29) is 11.7 Å². The standard InChI is InChI=1S/C28H48O4Si2/c1-8-9-14-20-28(32-34(5,6)7,22-23-33(2,3)4)21-15-12-10-11-13-17-25(27(30)31)24-18-16-19-26(24)29/h10-11,15,21,24-25H,8-9,12-14,16-20H2,1-7H3,(H,30,31)/t24-,25+,28?/m1/s1. The molecule has 0 aliphatic heterocycles. The summed E-state index contributed by atoms with van der Waals surface area (Å²) >= 11 is 0. The van der Waals surface area contributed by atoms with Crippen LogP contribution in [0.25, 0.3) is 0 Å². The monoisotopic (exact) mass is 504 g/mol. The van der Waals surface area contributed by atoms with Gasteiger partial charge in [0.15, 0.2) is 8.32 Å². The van der Waals surface area contributed by atoms with Crippen molar-refractivity contribution in [3.05, 3.63) is 24.3 Å². The van der Waals surface area contributed by atoms with E-state index in [0.717, 1.165) is 32.1 Å². The van der Waals surface area contributed by atoms with Crippen LogP contribution in [0, 0.1) is 23.3 Å². The van der Waals surface area contributed by atoms with E-state index in [1.165, 1.54) is 12.8 Å². The van der Waals surface area contributed by atoms with Gasteiger partial charge in [-0.2, -0.15) is 0 Å². The molecule has 0 spiro atoms. The van der Waals surface area contributed by atoms with E-state index in [2.05, 4.69) is 75.9 Å². The number of Topliss-reactive ketones (excluding diaryl/α,β-unsaturated/α-hetero) is 1. The second kappa shape index (κ2) is 14.2. The normalized spacial score (nSPS) is 19.9. The molecule has 1 aliphatic carbocycles. The Labute approximate surface area is 210 Å². The zero-order valence-electron chi connectivity index (χ0n) is 22.7. The fourth-order valence-corrected chi connectivity index (χ4v) is 6.27. The van der Waals surface area contributed by atoms with Gasteiger partial charge in [0, 0.05) is 12.3 Å². The van der Waals surface area contributed by atoms with E-state index < -0.39 is 33.9 Å². The molecule has 1 saturated carbocycles. The van der Waals surface area contributed by atoms with Gasteiger partial charge in [-0.15, -0.1) is 5.54 Å². The minimum absolute atomic E-state index is 0.126. The lowest BCUT2D eigenvalue weighted by molar-refractivity contribution is -0.146. The van der Waals surface area contributed by atoms with E-state index in [9.17, 15) is 14.7 Å². The van der Waals surface area contributed by atoms with Gasteiger partial charge < -0.3 is 9.53 Å². The summed E-state index contributed by atoms with van der Waals surface area (Å²) in [6.45, 7) is 15.7. The quantitative estimate of drug-likeness (QED) is 0.116. The Morgan fingerprint density at radius 2 is 1.88 bits per heavy atom. The molecule has 0 amide bonds. The van der Waals surface area contributed by atoms with Gasteiger partial charge in [0.1, 0.15) is 19.5 Å². The first-order chi connectivity index (χ1) is 15.8. The van der Waals surface area contributed by atoms with Gasteiger partial charge in [-0.25, -0.2) is 0 Å². The highest BCUT2D eigenvalue weighted by Gasteiger charge is 2.36. The lowest BCUT2D eigenvalue weighted by Crippen LogP contribution is -2.41. The van der Waals surface area contributed by atoms with Crippen molar-refractivity contribution in [2.75, 3.05) is 0 Å². The summed E-state index contributed by atoms with van der Waals surface area (Å²) in [5.74, 6) is 2.01. The lowest BCUT2D eigenvalue weighted by atomic mass is 9.86. The third kappa shape index (κ3) is 12.3. The number of allylic oxidation sites excluding steroid dienone is 3. The number of carboxylic acid groups (broad SMARTS) is 1. The van der Waals surface area contributed by atoms with Crippen LogP contribution in [0.3, 0.4) is 0 Å². The van der Waals surface area contributed by atoms with Gasteiger partial charge in [0.25, 0.3) is 0 Å². The average Bonchev–Trinajstić information content (AvgIpc) is 3.12. The number of carbonyl (C=O) groups is 2. The molecule has 0 bridgehead atoms. The van der Waals surface area contributed by atoms with Gasteiger partial charge in [-0.1, -0.05) is 63.6 Å². The van der Waals surface area contributed by atoms with Crippen LogP contribution in [-0.2, 0) is 14.0 Å². The van der Waals surface area contributed by atoms with E-state index >= 15 is 0 Å². The Bertz CT molecular complexity index is 777. The predicted octanol–water partition coefficient (Wildman–Crippen LogP) is 7.39. The van der Waals surface area contributed by atoms with Crippen molar-refractivity contribution < 1.29 is 19.1 Å². The number of aliphatic carboxylic acids is 1. The van der Waals surface area contributed by atoms with Gasteiger partial charge in [0.05, 0.1) is 5.92 Å². The van der Waals surface area contributed by atoms with Crippen molar-refractivity contribution in [1.29, 1.82) is 0 Å². The van der Waals surface area contributed by atoms with Gasteiger partial charge in [-0.3, -0.25) is 9.59 Å². The molecule has 0 saturated heterocycles. The van der Waals surface area contributed by atoms with Crippen LogP contribution < -0.4 is 0 Å². The summed E-state index contributed by atoms with van der Waals surface area (Å²) < 4.78 is 6.70. The minimum Gasteiger partial charge on any atom is -0.481 e. The van der Waals surface area contributed by atoms with Crippen LogP contribution in [0.2, 0.25) is 39.3 Å². The van der Waals surface area contributed by atoms with Crippen LogP contribution in [0.5, 0.6) is 0 Å². The highest BCUT2D eigenvalue weighted by atomic mass is 28.4. The molecule has 3 atom stereocenters. The van der Waals surface area contributed by atoms with Crippen molar-refractivity contribution >= 4 is 28.1 Å². The number of ketones is 1. The van der Waals surface area contributed by atoms with Crippen LogP contribution in [-0.4, -0.2) is 38.9 Å². The van der Waals surface area contributed by atoms with Crippen molar-refractivity contribution in [2.45, 2.75) is 116 Å². The Morgan fingerprint density at radius 1 is 1.18 bits per heavy atom. The van der Waals surface area contributed by atoms with Crippen molar-refractivity contribution in [2.24, 2.45) is 11.8 Å². The second-order valence-corrected chi connectivity index (χ2v) is 20.8. The predicted molar refractivity (Wildman–Crippen MR) is 148 cm³/mol. The Balaban J connectivity index is 2.85. The maximum Gasteiger partial charge on any atom is 0.307 e. The molecular formula is C28H48O4Si2. The molecule has 6 heteroatoms. The molecule has 192 valence electrons. The lowest BCUT2D eigenvalue weighted by Gasteiger charge is -2.33. The number of hydrogen-bond acceptors (Lipinski definition) is 3. The van der Waals surface area contributed by atoms with Crippen molar-refractivity contribution in [1.82, 2.24) is 0 Å². The molecule has 0 heterocycles. The van der Waals surface area contributed by atoms with Gasteiger partial charge in [0.2, 0.25) is 0 Å². The largest absolute Gasteiger partial charge is 0.481 e. The summed E-state index contributed by atoms with van der Waals surface area (Å²) in [6, 6.07) is 0. The first-order valence-electron chi connectivity index (χ1n) is 13.1. The molecule has 1 N–H and O–H groups in total. The van der Waals surface area contributed by atoms with Crippen molar-refractivity contribution in [3.63, 3.8) is 0 Å². The Morgan fingerprint density at radius 3 is 2.41 bits per heavy atom. The molecule has 34 heavy (non-hydrogen) atoms. The molecule has 0 radical (unpaired) electrons. The van der Waals surface area contributed by atoms with E-state index in [1.807, 2.05) is 6.08 Å². The van der Waals surface area contributed by atoms with Gasteiger partial charge >= 0.3 is 5.97 Å². The molecule has 0 aromatic rings. The van der Waals surface area contributed by atoms with Crippen LogP contribution >= 0.6 is 0 Å². The second-order valence-electron chi connectivity index (χ2n) is 11.7. The molecule has 4 nitrogen and oxygen atoms in total. The molecule has 1 fully saturated rings. The molecule has 0 aromatic heterocycles. The highest BCUT2D eigenvalue weighted by molar-refractivity contribution is 6.83. The summed E-state index contributed by atoms with van der Waals surface area (Å²) in [6.07, 6.45) is 16.9. The minimum atomic E-state index is -1.81. The highest BCUT2D eigenvalue weighted by Crippen LogP contribution is 2.31. The summed E-state index contributed by atoms with van der Waals surface area (Å²) in [5, 5.41) is 9.56. The van der Waals surface area contributed by atoms with E-state index in [1.54, 1.807) is 0 Å². The molecule has 1 aliphatic rings. The number of unbranched alkanes of at least 4 members (excludes halogenated alkanes) is 2. The van der Waals surface area contributed by atoms with E-state index in [0.29, 0.717) is 19.3 Å². The third-order valence-corrected chi connectivity index (χ3v) is 7.77. The number of rotatable bonds is 14. The number of carboxylic acids is 1. The average molecular weight is 505 g/mol. The van der Waals surface area contributed by atoms with Crippen LogP contribution in [0.15, 0.2) is 24.3 Å². The molecule has 1 unspecified atom stereocenters. The topological polar surface area (TPSA) is 63.6 Å². The summed E-state index contributed by atoms with van der Waals surface area (Å²) in [5.41, 5.74) is 3.04. The molecule has 0 aromatic carbocycles. The van der Waals surface area contributed by atoms with Gasteiger partial charge in [-0.05, 0) is 70.7 Å². The number of hydrogen-bond donors (Lipinski definition) is 1. The first kappa shape index (κ1) is 30.6. The molecular weight excluding hydrogens is 456 g/mol. The maximum atomic E-state index is 12.0. The maximum absolute atomic E-state index is 12.0. The zero-order chi connectivity index (χ0) is 25.8. The summed E-state index contributed by atoms with van der Waals surface area (Å²) in [4.78, 5) is 23.6. The smallest absolute Gasteiger partial charge is 0.307 e. The fraction of sp³-hybridized carbons (Fsp3) is 0.714. The summed E-state index contributed by atoms with van der Waals surface area (Å²) in [7, 11) is -3.35. The Kier molecular flexibility index (Phi) is 12.8. The number of carbonyl (C=O) groups excluding carboxylic acids is 1. The zero-order valence-corrected chi connectivity index (χ0v) is 24.7. The van der Waals surface area contributed by atoms with Crippen molar-refractivity contribution in [3.8, 4) is 11.5 Å². The Hall–Kier alpha value is -1.43. The third-order valence-electron chi connectivity index (χ3n) is 5.91.